The number of halogens is 1. The van der Waals surface area contributed by atoms with Crippen LogP contribution in [0.1, 0.15) is 11.3 Å². The van der Waals surface area contributed by atoms with Gasteiger partial charge in [-0.3, -0.25) is 14.3 Å². The molecule has 1 N–H and O–H groups in total. The Labute approximate surface area is 182 Å². The molecule has 0 aliphatic rings. The SMILES string of the molecule is COc1cc2c(cc1OC)n(CC(=O)NCc1ccccc1Cl)n1c(C)cc(=O)nc21. The van der Waals surface area contributed by atoms with Crippen LogP contribution in [0, 0.1) is 6.92 Å². The number of benzene rings is 2. The lowest BCUT2D eigenvalue weighted by atomic mass is 10.2. The van der Waals surface area contributed by atoms with Gasteiger partial charge in [-0.1, -0.05) is 29.8 Å². The minimum atomic E-state index is -0.352. The number of aryl methyl sites for hydroxylation is 1. The molecule has 0 radical (unpaired) electrons. The number of fused-ring (bicyclic) bond motifs is 3. The number of methoxy groups -OCH3 is 2. The van der Waals surface area contributed by atoms with Crippen molar-refractivity contribution in [3.8, 4) is 11.5 Å². The van der Waals surface area contributed by atoms with Gasteiger partial charge in [-0.05, 0) is 24.6 Å². The summed E-state index contributed by atoms with van der Waals surface area (Å²) >= 11 is 6.18. The number of carbonyl (C=O) groups is 1. The fraction of sp³-hybridized carbons (Fsp3) is 0.227. The summed E-state index contributed by atoms with van der Waals surface area (Å²) < 4.78 is 14.3. The molecule has 2 aromatic heterocycles. The van der Waals surface area contributed by atoms with Gasteiger partial charge in [0.2, 0.25) is 5.91 Å². The van der Waals surface area contributed by atoms with E-state index in [1.165, 1.54) is 13.2 Å². The highest BCUT2D eigenvalue weighted by atomic mass is 35.5. The van der Waals surface area contributed by atoms with E-state index >= 15 is 0 Å². The van der Waals surface area contributed by atoms with Crippen LogP contribution in [-0.4, -0.2) is 34.3 Å². The zero-order valence-corrected chi connectivity index (χ0v) is 18.1. The molecule has 9 heteroatoms. The van der Waals surface area contributed by atoms with E-state index < -0.39 is 0 Å². The molecule has 0 aliphatic carbocycles. The molecule has 31 heavy (non-hydrogen) atoms. The fourth-order valence-corrected chi connectivity index (χ4v) is 3.82. The zero-order valence-electron chi connectivity index (χ0n) is 17.3. The van der Waals surface area contributed by atoms with E-state index in [1.807, 2.05) is 18.2 Å². The summed E-state index contributed by atoms with van der Waals surface area (Å²) in [4.78, 5) is 29.0. The molecule has 0 aliphatic heterocycles. The van der Waals surface area contributed by atoms with Gasteiger partial charge < -0.3 is 14.8 Å². The maximum absolute atomic E-state index is 12.8. The second-order valence-corrected chi connectivity index (χ2v) is 7.43. The first kappa shape index (κ1) is 20.7. The van der Waals surface area contributed by atoms with Gasteiger partial charge in [0.05, 0.1) is 19.7 Å². The van der Waals surface area contributed by atoms with E-state index in [9.17, 15) is 9.59 Å². The van der Waals surface area contributed by atoms with Crippen LogP contribution in [0.2, 0.25) is 5.02 Å². The van der Waals surface area contributed by atoms with Gasteiger partial charge in [0.25, 0.3) is 5.56 Å². The third-order valence-electron chi connectivity index (χ3n) is 5.07. The van der Waals surface area contributed by atoms with E-state index in [2.05, 4.69) is 10.3 Å². The second kappa shape index (κ2) is 8.31. The Bertz CT molecular complexity index is 1360. The standard InChI is InChI=1S/C22H21ClN4O4/c1-13-8-20(28)25-22-15-9-18(30-2)19(31-3)10-17(15)26(27(13)22)12-21(29)24-11-14-6-4-5-7-16(14)23/h4-10H,11-12H2,1-3H3,(H,24,29). The third-order valence-corrected chi connectivity index (χ3v) is 5.44. The molecule has 0 atom stereocenters. The summed E-state index contributed by atoms with van der Waals surface area (Å²) in [6.45, 7) is 2.10. The molecule has 160 valence electrons. The number of aromatic nitrogens is 3. The van der Waals surface area contributed by atoms with Gasteiger partial charge in [0.15, 0.2) is 17.1 Å². The Balaban J connectivity index is 1.79. The summed E-state index contributed by atoms with van der Waals surface area (Å²) in [5.74, 6) is 0.802. The summed E-state index contributed by atoms with van der Waals surface area (Å²) in [6, 6.07) is 12.3. The van der Waals surface area contributed by atoms with Crippen LogP contribution in [0.15, 0.2) is 47.3 Å². The Morgan fingerprint density at radius 3 is 2.55 bits per heavy atom. The van der Waals surface area contributed by atoms with Gasteiger partial charge in [-0.15, -0.1) is 0 Å². The van der Waals surface area contributed by atoms with Crippen LogP contribution in [0.3, 0.4) is 0 Å². The van der Waals surface area contributed by atoms with Gasteiger partial charge >= 0.3 is 0 Å². The molecule has 4 rings (SSSR count). The summed E-state index contributed by atoms with van der Waals surface area (Å²) in [6.07, 6.45) is 0. The maximum atomic E-state index is 12.8. The first-order valence-corrected chi connectivity index (χ1v) is 9.95. The first-order chi connectivity index (χ1) is 14.9. The number of hydrogen-bond donors (Lipinski definition) is 1. The smallest absolute Gasteiger partial charge is 0.273 e. The monoisotopic (exact) mass is 440 g/mol. The van der Waals surface area contributed by atoms with Crippen LogP contribution in [0.4, 0.5) is 0 Å². The molecule has 0 fully saturated rings. The number of ether oxygens (including phenoxy) is 2. The summed E-state index contributed by atoms with van der Waals surface area (Å²) in [7, 11) is 3.08. The largest absolute Gasteiger partial charge is 0.493 e. The van der Waals surface area contributed by atoms with Crippen molar-refractivity contribution in [3.05, 3.63) is 69.1 Å². The summed E-state index contributed by atoms with van der Waals surface area (Å²) in [5, 5.41) is 4.16. The van der Waals surface area contributed by atoms with E-state index in [0.717, 1.165) is 5.56 Å². The van der Waals surface area contributed by atoms with Gasteiger partial charge in [-0.25, -0.2) is 4.52 Å². The number of amides is 1. The van der Waals surface area contributed by atoms with Crippen LogP contribution in [0.25, 0.3) is 16.6 Å². The Morgan fingerprint density at radius 1 is 1.13 bits per heavy atom. The quantitative estimate of drug-likeness (QED) is 0.498. The highest BCUT2D eigenvalue weighted by Crippen LogP contribution is 2.34. The normalized spacial score (nSPS) is 11.1. The first-order valence-electron chi connectivity index (χ1n) is 9.58. The van der Waals surface area contributed by atoms with Crippen molar-refractivity contribution in [2.45, 2.75) is 20.0 Å². The van der Waals surface area contributed by atoms with E-state index in [1.54, 1.807) is 41.4 Å². The lowest BCUT2D eigenvalue weighted by molar-refractivity contribution is -0.122. The Hall–Kier alpha value is -3.52. The number of hydrogen-bond acceptors (Lipinski definition) is 5. The second-order valence-electron chi connectivity index (χ2n) is 7.02. The van der Waals surface area contributed by atoms with Crippen molar-refractivity contribution in [2.75, 3.05) is 14.2 Å². The van der Waals surface area contributed by atoms with E-state index in [4.69, 9.17) is 21.1 Å². The molecule has 0 unspecified atom stereocenters. The molecule has 0 saturated carbocycles. The van der Waals surface area contributed by atoms with Crippen molar-refractivity contribution in [3.63, 3.8) is 0 Å². The van der Waals surface area contributed by atoms with E-state index in [-0.39, 0.29) is 18.0 Å². The van der Waals surface area contributed by atoms with Crippen molar-refractivity contribution in [2.24, 2.45) is 0 Å². The zero-order chi connectivity index (χ0) is 22.1. The fourth-order valence-electron chi connectivity index (χ4n) is 3.62. The minimum Gasteiger partial charge on any atom is -0.493 e. The van der Waals surface area contributed by atoms with Gasteiger partial charge in [0, 0.05) is 34.8 Å². The van der Waals surface area contributed by atoms with E-state index in [0.29, 0.717) is 45.3 Å². The number of nitrogens with zero attached hydrogens (tertiary/aromatic N) is 3. The molecule has 4 aromatic rings. The van der Waals surface area contributed by atoms with Crippen LogP contribution in [-0.2, 0) is 17.9 Å². The average Bonchev–Trinajstić information content (AvgIpc) is 3.04. The average molecular weight is 441 g/mol. The molecular formula is C22H21ClN4O4. The molecule has 0 spiro atoms. The summed E-state index contributed by atoms with van der Waals surface area (Å²) in [5.41, 5.74) is 2.26. The van der Waals surface area contributed by atoms with Crippen molar-refractivity contribution >= 4 is 34.1 Å². The van der Waals surface area contributed by atoms with Crippen molar-refractivity contribution < 1.29 is 14.3 Å². The highest BCUT2D eigenvalue weighted by molar-refractivity contribution is 6.31. The molecule has 8 nitrogen and oxygen atoms in total. The predicted octanol–water partition coefficient (Wildman–Crippen LogP) is 2.94. The molecule has 0 bridgehead atoms. The Kier molecular flexibility index (Phi) is 5.56. The number of nitrogens with one attached hydrogen (secondary N) is 1. The van der Waals surface area contributed by atoms with Crippen LogP contribution >= 0.6 is 11.6 Å². The maximum Gasteiger partial charge on any atom is 0.273 e. The van der Waals surface area contributed by atoms with Crippen LogP contribution < -0.4 is 20.3 Å². The number of rotatable bonds is 6. The van der Waals surface area contributed by atoms with Gasteiger partial charge in [-0.2, -0.15) is 4.98 Å². The predicted molar refractivity (Wildman–Crippen MR) is 118 cm³/mol. The molecule has 2 heterocycles. The Morgan fingerprint density at radius 2 is 1.84 bits per heavy atom. The number of carbonyl (C=O) groups excluding carboxylic acids is 1. The molecule has 2 aromatic carbocycles. The minimum absolute atomic E-state index is 0.00528. The van der Waals surface area contributed by atoms with Crippen molar-refractivity contribution in [1.82, 2.24) is 19.5 Å². The molecule has 1 amide bonds. The third kappa shape index (κ3) is 3.82. The topological polar surface area (TPSA) is 86.9 Å². The lowest BCUT2D eigenvalue weighted by Crippen LogP contribution is -2.29. The molecular weight excluding hydrogens is 420 g/mol. The van der Waals surface area contributed by atoms with Gasteiger partial charge in [0.1, 0.15) is 6.54 Å². The lowest BCUT2D eigenvalue weighted by Gasteiger charge is -2.12. The molecule has 0 saturated heterocycles. The highest BCUT2D eigenvalue weighted by Gasteiger charge is 2.19. The van der Waals surface area contributed by atoms with Crippen molar-refractivity contribution in [1.29, 1.82) is 0 Å². The van der Waals surface area contributed by atoms with Crippen LogP contribution in [0.5, 0.6) is 11.5 Å².